The van der Waals surface area contributed by atoms with Gasteiger partial charge in [-0.1, -0.05) is 32.4 Å². The molecule has 2 aliphatic rings. The Morgan fingerprint density at radius 2 is 1.98 bits per heavy atom. The lowest BCUT2D eigenvalue weighted by Crippen LogP contribution is -2.46. The van der Waals surface area contributed by atoms with Crippen molar-refractivity contribution in [1.29, 1.82) is 0 Å². The van der Waals surface area contributed by atoms with Crippen LogP contribution in [0.3, 0.4) is 0 Å². The normalized spacial score (nSPS) is 19.1. The van der Waals surface area contributed by atoms with Crippen molar-refractivity contribution in [3.63, 3.8) is 0 Å². The average Bonchev–Trinajstić information content (AvgIpc) is 3.41. The SMILES string of the molecule is C=C(c1ccnc(NSC)c1)N1CC[C@H](N2Cc3cnc(N/C(C)=C/C(OC)=C(\C)P)nc3C2)C[C@H]1C.CC.CS. The van der Waals surface area contributed by atoms with Crippen LogP contribution < -0.4 is 10.0 Å². The highest BCUT2D eigenvalue weighted by Gasteiger charge is 2.33. The van der Waals surface area contributed by atoms with Gasteiger partial charge in [0.25, 0.3) is 0 Å². The van der Waals surface area contributed by atoms with Crippen LogP contribution in [0.15, 0.2) is 54.0 Å². The Hall–Kier alpha value is -2.26. The first kappa shape index (κ1) is 34.9. The summed E-state index contributed by atoms with van der Waals surface area (Å²) in [5.41, 5.74) is 5.44. The van der Waals surface area contributed by atoms with E-state index in [2.05, 4.69) is 71.2 Å². The van der Waals surface area contributed by atoms with Gasteiger partial charge in [0.15, 0.2) is 0 Å². The molecule has 0 saturated carbocycles. The highest BCUT2D eigenvalue weighted by atomic mass is 32.2. The Labute approximate surface area is 259 Å². The number of hydrogen-bond acceptors (Lipinski definition) is 10. The number of ether oxygens (including phenoxy) is 1. The third-order valence-electron chi connectivity index (χ3n) is 6.96. The van der Waals surface area contributed by atoms with E-state index in [4.69, 9.17) is 9.72 Å². The van der Waals surface area contributed by atoms with Crippen LogP contribution in [-0.4, -0.2) is 63.0 Å². The van der Waals surface area contributed by atoms with Gasteiger partial charge in [-0.25, -0.2) is 15.0 Å². The van der Waals surface area contributed by atoms with Gasteiger partial charge in [-0.15, -0.1) is 9.24 Å². The minimum atomic E-state index is 0.402. The van der Waals surface area contributed by atoms with E-state index in [-0.39, 0.29) is 0 Å². The Kier molecular flexibility index (Phi) is 15.0. The molecule has 1 fully saturated rings. The molecule has 4 heterocycles. The first-order chi connectivity index (χ1) is 19.8. The molecular weight excluding hydrogens is 569 g/mol. The van der Waals surface area contributed by atoms with Crippen LogP contribution in [0.2, 0.25) is 0 Å². The second kappa shape index (κ2) is 17.6. The van der Waals surface area contributed by atoms with E-state index < -0.39 is 0 Å². The Morgan fingerprint density at radius 3 is 2.61 bits per heavy atom. The highest BCUT2D eigenvalue weighted by Crippen LogP contribution is 2.33. The second-order valence-electron chi connectivity index (χ2n) is 9.68. The molecule has 8 nitrogen and oxygen atoms in total. The van der Waals surface area contributed by atoms with Crippen LogP contribution in [0.25, 0.3) is 5.70 Å². The van der Waals surface area contributed by atoms with Crippen LogP contribution in [0.5, 0.6) is 0 Å². The number of rotatable bonds is 9. The number of hydrogen-bond donors (Lipinski definition) is 3. The molecule has 1 saturated heterocycles. The maximum Gasteiger partial charge on any atom is 0.227 e. The van der Waals surface area contributed by atoms with Gasteiger partial charge in [0.2, 0.25) is 5.95 Å². The second-order valence-corrected chi connectivity index (χ2v) is 11.2. The zero-order chi connectivity index (χ0) is 30.5. The van der Waals surface area contributed by atoms with Crippen LogP contribution in [0, 0.1) is 0 Å². The molecule has 0 aromatic carbocycles. The van der Waals surface area contributed by atoms with E-state index in [1.54, 1.807) is 25.3 Å². The lowest BCUT2D eigenvalue weighted by Gasteiger charge is -2.43. The van der Waals surface area contributed by atoms with Gasteiger partial charge in [0.05, 0.1) is 12.8 Å². The van der Waals surface area contributed by atoms with Crippen molar-refractivity contribution in [2.24, 2.45) is 0 Å². The van der Waals surface area contributed by atoms with E-state index in [9.17, 15) is 0 Å². The fourth-order valence-electron chi connectivity index (χ4n) is 5.06. The van der Waals surface area contributed by atoms with Crippen molar-refractivity contribution in [1.82, 2.24) is 24.8 Å². The topological polar surface area (TPSA) is 78.4 Å². The molecule has 4 rings (SSSR count). The molecule has 0 spiro atoms. The van der Waals surface area contributed by atoms with Crippen LogP contribution >= 0.6 is 33.8 Å². The number of fused-ring (bicyclic) bond motifs is 1. The Balaban J connectivity index is 0.00000141. The predicted octanol–water partition coefficient (Wildman–Crippen LogP) is 7.04. The van der Waals surface area contributed by atoms with Crippen molar-refractivity contribution >= 4 is 51.3 Å². The fourth-order valence-corrected chi connectivity index (χ4v) is 5.58. The maximum absolute atomic E-state index is 5.43. The summed E-state index contributed by atoms with van der Waals surface area (Å²) in [6.07, 6.45) is 11.7. The van der Waals surface area contributed by atoms with Gasteiger partial charge in [0.1, 0.15) is 11.6 Å². The van der Waals surface area contributed by atoms with E-state index in [1.807, 2.05) is 58.5 Å². The molecule has 2 N–H and O–H groups in total. The first-order valence-corrected chi connectivity index (χ1v) is 16.7. The number of methoxy groups -OCH3 is 1. The van der Waals surface area contributed by atoms with E-state index >= 15 is 0 Å². The van der Waals surface area contributed by atoms with Crippen molar-refractivity contribution in [3.05, 3.63) is 70.8 Å². The number of piperidine rings is 1. The van der Waals surface area contributed by atoms with E-state index in [0.717, 1.165) is 72.0 Å². The molecule has 0 radical (unpaired) electrons. The largest absolute Gasteiger partial charge is 0.496 e. The number of pyridine rings is 1. The molecule has 3 atom stereocenters. The molecule has 41 heavy (non-hydrogen) atoms. The molecule has 0 aliphatic carbocycles. The van der Waals surface area contributed by atoms with Gasteiger partial charge in [-0.05, 0) is 63.4 Å². The van der Waals surface area contributed by atoms with Crippen LogP contribution in [-0.2, 0) is 17.8 Å². The Morgan fingerprint density at radius 1 is 1.24 bits per heavy atom. The number of allylic oxidation sites excluding steroid dienone is 3. The van der Waals surface area contributed by atoms with Crippen molar-refractivity contribution < 1.29 is 4.74 Å². The summed E-state index contributed by atoms with van der Waals surface area (Å²) in [6.45, 7) is 17.5. The molecule has 2 aromatic rings. The number of nitrogens with zero attached hydrogens (tertiary/aromatic N) is 5. The van der Waals surface area contributed by atoms with Gasteiger partial charge >= 0.3 is 0 Å². The monoisotopic (exact) mass is 617 g/mol. The zero-order valence-electron chi connectivity index (χ0n) is 25.9. The van der Waals surface area contributed by atoms with Crippen LogP contribution in [0.1, 0.15) is 64.3 Å². The summed E-state index contributed by atoms with van der Waals surface area (Å²) in [5, 5.41) is 4.35. The van der Waals surface area contributed by atoms with E-state index in [0.29, 0.717) is 18.0 Å². The maximum atomic E-state index is 5.43. The van der Waals surface area contributed by atoms with Gasteiger partial charge in [-0.3, -0.25) is 4.90 Å². The minimum Gasteiger partial charge on any atom is -0.496 e. The number of thiol groups is 1. The van der Waals surface area contributed by atoms with Crippen molar-refractivity contribution in [2.75, 3.05) is 36.2 Å². The molecule has 226 valence electrons. The summed E-state index contributed by atoms with van der Waals surface area (Å²) in [5.74, 6) is 2.30. The standard InChI is InChI=1S/C27H38N7OPS.C2H6.CH4S/c1-17(11-25(35-5)20(4)36)30-27-29-14-22-15-33(16-24(22)31-27)23-8-10-34(18(2)12-23)19(3)21-7-9-28-26(13-21)32-37-6;2*1-2/h7,9,11,13-14,18,23H,3,8,10,12,15-16,36H2,1-2,4-6H3,(H,28,32)(H,29,30,31);1-2H3;2H,1H3/b17-11+,25-20-;;/t18-,23+;;/m1../s1. The lowest BCUT2D eigenvalue weighted by molar-refractivity contribution is 0.102. The summed E-state index contributed by atoms with van der Waals surface area (Å²) in [7, 11) is 4.34. The minimum absolute atomic E-state index is 0.402. The van der Waals surface area contributed by atoms with Gasteiger partial charge in [0, 0.05) is 72.9 Å². The first-order valence-electron chi connectivity index (χ1n) is 14.0. The average molecular weight is 618 g/mol. The Bertz CT molecular complexity index is 1200. The van der Waals surface area contributed by atoms with Gasteiger partial charge in [-0.2, -0.15) is 12.6 Å². The molecular formula is C30H48N7OPS2. The summed E-state index contributed by atoms with van der Waals surface area (Å²) in [4.78, 5) is 18.8. The number of aromatic nitrogens is 3. The number of anilines is 2. The molecule has 0 bridgehead atoms. The summed E-state index contributed by atoms with van der Waals surface area (Å²) in [6, 6.07) is 5.03. The molecule has 11 heteroatoms. The van der Waals surface area contributed by atoms with E-state index in [1.165, 1.54) is 5.56 Å². The zero-order valence-corrected chi connectivity index (χ0v) is 28.7. The predicted molar refractivity (Wildman–Crippen MR) is 184 cm³/mol. The highest BCUT2D eigenvalue weighted by molar-refractivity contribution is 7.99. The van der Waals surface area contributed by atoms with Crippen LogP contribution in [0.4, 0.5) is 11.8 Å². The molecule has 0 amide bonds. The summed E-state index contributed by atoms with van der Waals surface area (Å²) < 4.78 is 8.64. The fraction of sp³-hybridized carbons (Fsp3) is 0.500. The van der Waals surface area contributed by atoms with Crippen molar-refractivity contribution in [2.45, 2.75) is 72.6 Å². The number of nitrogens with one attached hydrogen (secondary N) is 2. The molecule has 2 aromatic heterocycles. The summed E-state index contributed by atoms with van der Waals surface area (Å²) >= 11 is 5.07. The third kappa shape index (κ3) is 9.63. The van der Waals surface area contributed by atoms with Gasteiger partial charge < -0.3 is 19.7 Å². The molecule has 2 aliphatic heterocycles. The van der Waals surface area contributed by atoms with Crippen molar-refractivity contribution in [3.8, 4) is 0 Å². The number of likely N-dealkylation sites (tertiary alicyclic amines) is 1. The lowest BCUT2D eigenvalue weighted by atomic mass is 9.95. The smallest absolute Gasteiger partial charge is 0.227 e. The molecule has 1 unspecified atom stereocenters. The third-order valence-corrected chi connectivity index (χ3v) is 7.65. The quantitative estimate of drug-likeness (QED) is 0.0903.